The first-order chi connectivity index (χ1) is 11.4. The molecule has 1 saturated carbocycles. The second-order valence-electron chi connectivity index (χ2n) is 7.98. The molecule has 0 atom stereocenters. The fraction of sp³-hybridized carbons (Fsp3) is 0.619. The van der Waals surface area contributed by atoms with Crippen LogP contribution in [0.2, 0.25) is 0 Å². The second kappa shape index (κ2) is 5.66. The Kier molecular flexibility index (Phi) is 3.47. The van der Waals surface area contributed by atoms with Crippen LogP contribution in [0.3, 0.4) is 0 Å². The summed E-state index contributed by atoms with van der Waals surface area (Å²) >= 11 is 0. The van der Waals surface area contributed by atoms with Crippen molar-refractivity contribution in [3.63, 3.8) is 0 Å². The maximum atomic E-state index is 6.09. The maximum absolute atomic E-state index is 6.09. The average molecular weight is 309 g/mol. The van der Waals surface area contributed by atoms with E-state index in [0.717, 1.165) is 23.8 Å². The van der Waals surface area contributed by atoms with Gasteiger partial charge in [0.05, 0.1) is 0 Å². The topological polar surface area (TPSA) is 16.4 Å². The van der Waals surface area contributed by atoms with Crippen LogP contribution in [0.4, 0.5) is 0 Å². The van der Waals surface area contributed by atoms with Gasteiger partial charge in [-0.2, -0.15) is 0 Å². The SMILES string of the molecule is c1cc2oc3c(c2cc1C1CCN(CC2CC2)CC1)CCCC3. The monoisotopic (exact) mass is 309 g/mol. The van der Waals surface area contributed by atoms with Gasteiger partial charge in [-0.1, -0.05) is 6.07 Å². The van der Waals surface area contributed by atoms with E-state index in [4.69, 9.17) is 4.42 Å². The van der Waals surface area contributed by atoms with Crippen LogP contribution in [0, 0.1) is 5.92 Å². The van der Waals surface area contributed by atoms with E-state index >= 15 is 0 Å². The molecular weight excluding hydrogens is 282 g/mol. The van der Waals surface area contributed by atoms with Crippen LogP contribution in [-0.4, -0.2) is 24.5 Å². The molecule has 1 aromatic heterocycles. The Balaban J connectivity index is 1.36. The van der Waals surface area contributed by atoms with E-state index in [1.54, 1.807) is 5.56 Å². The molecule has 1 saturated heterocycles. The van der Waals surface area contributed by atoms with Crippen LogP contribution in [0.1, 0.15) is 61.3 Å². The number of fused-ring (bicyclic) bond motifs is 3. The molecule has 2 aliphatic carbocycles. The molecule has 0 unspecified atom stereocenters. The Morgan fingerprint density at radius 1 is 1.00 bits per heavy atom. The van der Waals surface area contributed by atoms with Crippen LogP contribution in [0.15, 0.2) is 22.6 Å². The number of furan rings is 1. The zero-order chi connectivity index (χ0) is 15.2. The zero-order valence-electron chi connectivity index (χ0n) is 14.0. The average Bonchev–Trinajstić information content (AvgIpc) is 3.33. The van der Waals surface area contributed by atoms with E-state index in [0.29, 0.717) is 0 Å². The van der Waals surface area contributed by atoms with E-state index in [1.165, 1.54) is 81.3 Å². The molecule has 5 rings (SSSR count). The van der Waals surface area contributed by atoms with Crippen molar-refractivity contribution in [3.05, 3.63) is 35.1 Å². The molecule has 3 aliphatic rings. The van der Waals surface area contributed by atoms with Crippen LogP contribution in [-0.2, 0) is 12.8 Å². The molecule has 2 aromatic rings. The number of piperidine rings is 1. The molecule has 0 amide bonds. The lowest BCUT2D eigenvalue weighted by Gasteiger charge is -2.32. The Bertz CT molecular complexity index is 704. The van der Waals surface area contributed by atoms with Crippen LogP contribution >= 0.6 is 0 Å². The number of benzene rings is 1. The predicted molar refractivity (Wildman–Crippen MR) is 94.0 cm³/mol. The standard InChI is InChI=1S/C21H27NO/c1-2-4-20-18(3-1)19-13-17(7-8-21(19)23-20)16-9-11-22(12-10-16)14-15-5-6-15/h7-8,13,15-16H,1-6,9-12,14H2. The molecule has 0 spiro atoms. The summed E-state index contributed by atoms with van der Waals surface area (Å²) in [6.45, 7) is 3.95. The summed E-state index contributed by atoms with van der Waals surface area (Å²) in [5, 5.41) is 1.41. The third-order valence-electron chi connectivity index (χ3n) is 6.25. The Morgan fingerprint density at radius 3 is 2.65 bits per heavy atom. The molecule has 0 N–H and O–H groups in total. The molecule has 1 aliphatic heterocycles. The zero-order valence-corrected chi connectivity index (χ0v) is 14.0. The van der Waals surface area contributed by atoms with E-state index in [9.17, 15) is 0 Å². The number of likely N-dealkylation sites (tertiary alicyclic amines) is 1. The fourth-order valence-electron chi connectivity index (χ4n) is 4.65. The lowest BCUT2D eigenvalue weighted by atomic mass is 9.87. The molecule has 23 heavy (non-hydrogen) atoms. The normalized spacial score (nSPS) is 23.3. The van der Waals surface area contributed by atoms with Crippen molar-refractivity contribution in [1.29, 1.82) is 0 Å². The van der Waals surface area contributed by atoms with Gasteiger partial charge in [-0.3, -0.25) is 0 Å². The highest BCUT2D eigenvalue weighted by atomic mass is 16.3. The van der Waals surface area contributed by atoms with Gasteiger partial charge < -0.3 is 9.32 Å². The van der Waals surface area contributed by atoms with Gasteiger partial charge in [-0.05, 0) is 87.6 Å². The summed E-state index contributed by atoms with van der Waals surface area (Å²) in [6.07, 6.45) is 10.6. The summed E-state index contributed by atoms with van der Waals surface area (Å²) in [7, 11) is 0. The predicted octanol–water partition coefficient (Wildman–Crippen LogP) is 4.90. The molecule has 0 bridgehead atoms. The highest BCUT2D eigenvalue weighted by Gasteiger charge is 2.28. The minimum Gasteiger partial charge on any atom is -0.461 e. The lowest BCUT2D eigenvalue weighted by molar-refractivity contribution is 0.205. The molecule has 2 fully saturated rings. The second-order valence-corrected chi connectivity index (χ2v) is 7.98. The lowest BCUT2D eigenvalue weighted by Crippen LogP contribution is -2.34. The van der Waals surface area contributed by atoms with E-state index in [2.05, 4.69) is 23.1 Å². The summed E-state index contributed by atoms with van der Waals surface area (Å²) in [5.41, 5.74) is 4.18. The molecular formula is C21H27NO. The quantitative estimate of drug-likeness (QED) is 0.801. The van der Waals surface area contributed by atoms with Gasteiger partial charge in [0.25, 0.3) is 0 Å². The summed E-state index contributed by atoms with van der Waals surface area (Å²) in [5.74, 6) is 3.05. The Hall–Kier alpha value is -1.28. The number of rotatable bonds is 3. The third-order valence-corrected chi connectivity index (χ3v) is 6.25. The summed E-state index contributed by atoms with van der Waals surface area (Å²) < 4.78 is 6.09. The molecule has 2 heteroatoms. The fourth-order valence-corrected chi connectivity index (χ4v) is 4.65. The molecule has 2 heterocycles. The van der Waals surface area contributed by atoms with Crippen molar-refractivity contribution in [2.24, 2.45) is 5.92 Å². The van der Waals surface area contributed by atoms with Crippen LogP contribution in [0.25, 0.3) is 11.0 Å². The Morgan fingerprint density at radius 2 is 1.83 bits per heavy atom. The summed E-state index contributed by atoms with van der Waals surface area (Å²) in [4.78, 5) is 2.70. The van der Waals surface area contributed by atoms with Crippen molar-refractivity contribution in [2.45, 2.75) is 57.3 Å². The van der Waals surface area contributed by atoms with Gasteiger partial charge in [-0.25, -0.2) is 0 Å². The van der Waals surface area contributed by atoms with Crippen molar-refractivity contribution in [2.75, 3.05) is 19.6 Å². The number of hydrogen-bond acceptors (Lipinski definition) is 2. The van der Waals surface area contributed by atoms with Crippen molar-refractivity contribution >= 4 is 11.0 Å². The molecule has 0 radical (unpaired) electrons. The first kappa shape index (κ1) is 14.1. The van der Waals surface area contributed by atoms with E-state index < -0.39 is 0 Å². The highest BCUT2D eigenvalue weighted by molar-refractivity contribution is 5.83. The number of aryl methyl sites for hydroxylation is 2. The smallest absolute Gasteiger partial charge is 0.134 e. The van der Waals surface area contributed by atoms with Crippen molar-refractivity contribution in [1.82, 2.24) is 4.90 Å². The minimum absolute atomic E-state index is 0.754. The maximum Gasteiger partial charge on any atom is 0.134 e. The van der Waals surface area contributed by atoms with Gasteiger partial charge in [-0.15, -0.1) is 0 Å². The Labute approximate surface area is 138 Å². The highest BCUT2D eigenvalue weighted by Crippen LogP contribution is 2.37. The number of hydrogen-bond donors (Lipinski definition) is 0. The first-order valence-corrected chi connectivity index (χ1v) is 9.63. The van der Waals surface area contributed by atoms with Gasteiger partial charge in [0.2, 0.25) is 0 Å². The molecule has 1 aromatic carbocycles. The van der Waals surface area contributed by atoms with Gasteiger partial charge >= 0.3 is 0 Å². The van der Waals surface area contributed by atoms with Crippen molar-refractivity contribution in [3.8, 4) is 0 Å². The van der Waals surface area contributed by atoms with Gasteiger partial charge in [0.15, 0.2) is 0 Å². The third kappa shape index (κ3) is 2.71. The minimum atomic E-state index is 0.754. The van der Waals surface area contributed by atoms with E-state index in [1.807, 2.05) is 0 Å². The summed E-state index contributed by atoms with van der Waals surface area (Å²) in [6, 6.07) is 7.03. The number of nitrogens with zero attached hydrogens (tertiary/aromatic N) is 1. The van der Waals surface area contributed by atoms with E-state index in [-0.39, 0.29) is 0 Å². The first-order valence-electron chi connectivity index (χ1n) is 9.63. The van der Waals surface area contributed by atoms with Crippen LogP contribution < -0.4 is 0 Å². The molecule has 122 valence electrons. The molecule has 2 nitrogen and oxygen atoms in total. The van der Waals surface area contributed by atoms with Crippen molar-refractivity contribution < 1.29 is 4.42 Å². The van der Waals surface area contributed by atoms with Gasteiger partial charge in [0.1, 0.15) is 11.3 Å². The van der Waals surface area contributed by atoms with Crippen LogP contribution in [0.5, 0.6) is 0 Å². The van der Waals surface area contributed by atoms with Gasteiger partial charge in [0, 0.05) is 23.9 Å². The largest absolute Gasteiger partial charge is 0.461 e.